The number of amides is 1. The minimum Gasteiger partial charge on any atom is -0.481 e. The molecular weight excluding hydrogens is 258 g/mol. The van der Waals surface area contributed by atoms with Crippen LogP contribution in [0.15, 0.2) is 18.3 Å². The molecule has 1 amide bonds. The van der Waals surface area contributed by atoms with E-state index in [1.165, 1.54) is 0 Å². The Morgan fingerprint density at radius 2 is 2.10 bits per heavy atom. The van der Waals surface area contributed by atoms with Gasteiger partial charge in [0, 0.05) is 19.3 Å². The summed E-state index contributed by atoms with van der Waals surface area (Å²) in [6.45, 7) is 3.98. The highest BCUT2D eigenvalue weighted by Gasteiger charge is 2.19. The van der Waals surface area contributed by atoms with E-state index in [2.05, 4.69) is 15.6 Å². The highest BCUT2D eigenvalue weighted by molar-refractivity contribution is 5.99. The van der Waals surface area contributed by atoms with E-state index in [0.29, 0.717) is 23.7 Å². The molecule has 1 atom stereocenters. The summed E-state index contributed by atoms with van der Waals surface area (Å²) in [4.78, 5) is 27.1. The molecule has 0 saturated carbocycles. The maximum atomic E-state index is 12.2. The highest BCUT2D eigenvalue weighted by atomic mass is 16.4. The summed E-state index contributed by atoms with van der Waals surface area (Å²) in [5, 5.41) is 14.5. The third-order valence-corrected chi connectivity index (χ3v) is 2.80. The van der Waals surface area contributed by atoms with Gasteiger partial charge in [-0.3, -0.25) is 9.59 Å². The van der Waals surface area contributed by atoms with Crippen molar-refractivity contribution in [1.82, 2.24) is 10.3 Å². The summed E-state index contributed by atoms with van der Waals surface area (Å²) >= 11 is 0. The minimum atomic E-state index is -0.920. The lowest BCUT2D eigenvalue weighted by Crippen LogP contribution is -2.37. The van der Waals surface area contributed by atoms with E-state index in [9.17, 15) is 9.59 Å². The molecule has 20 heavy (non-hydrogen) atoms. The largest absolute Gasteiger partial charge is 0.481 e. The van der Waals surface area contributed by atoms with Gasteiger partial charge in [-0.2, -0.15) is 0 Å². The van der Waals surface area contributed by atoms with Gasteiger partial charge in [-0.15, -0.1) is 0 Å². The van der Waals surface area contributed by atoms with Crippen molar-refractivity contribution in [2.24, 2.45) is 5.92 Å². The second kappa shape index (κ2) is 7.47. The van der Waals surface area contributed by atoms with E-state index < -0.39 is 5.97 Å². The van der Waals surface area contributed by atoms with Gasteiger partial charge in [-0.25, -0.2) is 4.98 Å². The number of nitrogens with zero attached hydrogens (tertiary/aromatic N) is 1. The Morgan fingerprint density at radius 1 is 1.40 bits per heavy atom. The van der Waals surface area contributed by atoms with E-state index in [1.54, 1.807) is 25.4 Å². The van der Waals surface area contributed by atoms with Crippen molar-refractivity contribution in [3.63, 3.8) is 0 Å². The number of anilines is 1. The van der Waals surface area contributed by atoms with Crippen molar-refractivity contribution in [2.75, 3.05) is 12.4 Å². The van der Waals surface area contributed by atoms with Gasteiger partial charge in [0.1, 0.15) is 5.82 Å². The van der Waals surface area contributed by atoms with Gasteiger partial charge in [0.05, 0.1) is 12.0 Å². The SMILES string of the molecule is CNc1ncccc1C(=O)N[C@@H](CC(=O)O)CC(C)C. The Bertz CT molecular complexity index is 474. The van der Waals surface area contributed by atoms with Crippen LogP contribution in [0, 0.1) is 5.92 Å². The molecule has 0 bridgehead atoms. The molecule has 3 N–H and O–H groups in total. The molecule has 6 nitrogen and oxygen atoms in total. The van der Waals surface area contributed by atoms with Gasteiger partial charge in [0.15, 0.2) is 0 Å². The summed E-state index contributed by atoms with van der Waals surface area (Å²) < 4.78 is 0. The molecule has 0 spiro atoms. The first-order valence-electron chi connectivity index (χ1n) is 6.59. The van der Waals surface area contributed by atoms with Crippen LogP contribution in [0.2, 0.25) is 0 Å². The Morgan fingerprint density at radius 3 is 2.65 bits per heavy atom. The molecule has 1 aromatic heterocycles. The van der Waals surface area contributed by atoms with Gasteiger partial charge in [0.2, 0.25) is 0 Å². The molecule has 0 aliphatic rings. The maximum absolute atomic E-state index is 12.2. The van der Waals surface area contributed by atoms with E-state index in [1.807, 2.05) is 13.8 Å². The zero-order chi connectivity index (χ0) is 15.1. The summed E-state index contributed by atoms with van der Waals surface area (Å²) in [6.07, 6.45) is 2.12. The zero-order valence-electron chi connectivity index (χ0n) is 12.0. The number of carboxylic acids is 1. The quantitative estimate of drug-likeness (QED) is 0.707. The number of carbonyl (C=O) groups excluding carboxylic acids is 1. The van der Waals surface area contributed by atoms with Crippen molar-refractivity contribution < 1.29 is 14.7 Å². The predicted molar refractivity (Wildman–Crippen MR) is 76.7 cm³/mol. The number of aromatic nitrogens is 1. The van der Waals surface area contributed by atoms with Crippen molar-refractivity contribution in [1.29, 1.82) is 0 Å². The standard InChI is InChI=1S/C14H21N3O3/c1-9(2)7-10(8-12(18)19)17-14(20)11-5-4-6-16-13(11)15-3/h4-6,9-10H,7-8H2,1-3H3,(H,15,16)(H,17,20)(H,18,19)/t10-/m1/s1. The van der Waals surface area contributed by atoms with Gasteiger partial charge in [0.25, 0.3) is 5.91 Å². The van der Waals surface area contributed by atoms with Crippen molar-refractivity contribution in [2.45, 2.75) is 32.7 Å². The molecule has 110 valence electrons. The third kappa shape index (κ3) is 4.87. The first-order valence-corrected chi connectivity index (χ1v) is 6.59. The van der Waals surface area contributed by atoms with Crippen LogP contribution in [0.25, 0.3) is 0 Å². The lowest BCUT2D eigenvalue weighted by Gasteiger charge is -2.19. The number of hydrogen-bond donors (Lipinski definition) is 3. The van der Waals surface area contributed by atoms with Crippen LogP contribution in [-0.4, -0.2) is 35.1 Å². The molecule has 1 aromatic rings. The van der Waals surface area contributed by atoms with E-state index in [0.717, 1.165) is 0 Å². The lowest BCUT2D eigenvalue weighted by atomic mass is 10.0. The molecule has 0 aromatic carbocycles. The Kier molecular flexibility index (Phi) is 5.96. The number of pyridine rings is 1. The number of rotatable bonds is 7. The molecule has 1 heterocycles. The van der Waals surface area contributed by atoms with Crippen molar-refractivity contribution >= 4 is 17.7 Å². The molecule has 1 rings (SSSR count). The number of carboxylic acid groups (broad SMARTS) is 1. The third-order valence-electron chi connectivity index (χ3n) is 2.80. The number of hydrogen-bond acceptors (Lipinski definition) is 4. The number of nitrogens with one attached hydrogen (secondary N) is 2. The summed E-state index contributed by atoms with van der Waals surface area (Å²) in [6, 6.07) is 2.94. The topological polar surface area (TPSA) is 91.3 Å². The average Bonchev–Trinajstić information content (AvgIpc) is 2.36. The van der Waals surface area contributed by atoms with Crippen LogP contribution in [0.5, 0.6) is 0 Å². The molecule has 6 heteroatoms. The zero-order valence-corrected chi connectivity index (χ0v) is 12.0. The number of carbonyl (C=O) groups is 2. The first-order chi connectivity index (χ1) is 9.43. The second-order valence-corrected chi connectivity index (χ2v) is 5.05. The first kappa shape index (κ1) is 15.9. The minimum absolute atomic E-state index is 0.0843. The van der Waals surface area contributed by atoms with Crippen LogP contribution >= 0.6 is 0 Å². The molecule has 0 unspecified atom stereocenters. The maximum Gasteiger partial charge on any atom is 0.305 e. The highest BCUT2D eigenvalue weighted by Crippen LogP contribution is 2.13. The monoisotopic (exact) mass is 279 g/mol. The van der Waals surface area contributed by atoms with Crippen molar-refractivity contribution in [3.8, 4) is 0 Å². The molecule has 0 radical (unpaired) electrons. The molecule has 0 aliphatic heterocycles. The molecule has 0 aliphatic carbocycles. The van der Waals surface area contributed by atoms with Gasteiger partial charge < -0.3 is 15.7 Å². The van der Waals surface area contributed by atoms with E-state index in [4.69, 9.17) is 5.11 Å². The van der Waals surface area contributed by atoms with E-state index >= 15 is 0 Å². The fourth-order valence-corrected chi connectivity index (χ4v) is 2.02. The summed E-state index contributed by atoms with van der Waals surface area (Å²) in [5.41, 5.74) is 0.411. The van der Waals surface area contributed by atoms with Crippen LogP contribution in [0.4, 0.5) is 5.82 Å². The van der Waals surface area contributed by atoms with Gasteiger partial charge >= 0.3 is 5.97 Å². The molecule has 0 fully saturated rings. The normalized spacial score (nSPS) is 12.0. The Balaban J connectivity index is 2.81. The van der Waals surface area contributed by atoms with Crippen LogP contribution in [0.1, 0.15) is 37.0 Å². The van der Waals surface area contributed by atoms with Crippen LogP contribution in [0.3, 0.4) is 0 Å². The Hall–Kier alpha value is -2.11. The average molecular weight is 279 g/mol. The summed E-state index contributed by atoms with van der Waals surface area (Å²) in [5.74, 6) is -0.453. The fourth-order valence-electron chi connectivity index (χ4n) is 2.02. The van der Waals surface area contributed by atoms with Crippen LogP contribution in [-0.2, 0) is 4.79 Å². The van der Waals surface area contributed by atoms with Crippen LogP contribution < -0.4 is 10.6 Å². The Labute approximate surface area is 118 Å². The number of aliphatic carboxylic acids is 1. The van der Waals surface area contributed by atoms with Crippen molar-refractivity contribution in [3.05, 3.63) is 23.9 Å². The van der Waals surface area contributed by atoms with Gasteiger partial charge in [-0.1, -0.05) is 13.8 Å². The van der Waals surface area contributed by atoms with E-state index in [-0.39, 0.29) is 18.4 Å². The smallest absolute Gasteiger partial charge is 0.305 e. The lowest BCUT2D eigenvalue weighted by molar-refractivity contribution is -0.137. The predicted octanol–water partition coefficient (Wildman–Crippen LogP) is 1.74. The summed E-state index contributed by atoms with van der Waals surface area (Å²) in [7, 11) is 1.68. The van der Waals surface area contributed by atoms with Gasteiger partial charge in [-0.05, 0) is 24.5 Å². The second-order valence-electron chi connectivity index (χ2n) is 5.05. The molecular formula is C14H21N3O3. The fraction of sp³-hybridized carbons (Fsp3) is 0.500. The molecule has 0 saturated heterocycles.